The summed E-state index contributed by atoms with van der Waals surface area (Å²) in [6.07, 6.45) is 1.12. The molecule has 1 aromatic rings. The molecule has 0 bridgehead atoms. The fourth-order valence-corrected chi connectivity index (χ4v) is 2.95. The minimum Gasteiger partial charge on any atom is -0.378 e. The number of nitrogens with one attached hydrogen (secondary N) is 1. The molecule has 0 radical (unpaired) electrons. The quantitative estimate of drug-likeness (QED) is 0.825. The zero-order valence-electron chi connectivity index (χ0n) is 10.4. The van der Waals surface area contributed by atoms with Crippen LogP contribution in [0.15, 0.2) is 12.1 Å². The molecule has 1 saturated heterocycles. The Bertz CT molecular complexity index is 421. The highest BCUT2D eigenvalue weighted by atomic mass is 16.5. The first-order valence-electron chi connectivity index (χ1n) is 6.26. The number of pyridine rings is 1. The van der Waals surface area contributed by atoms with E-state index in [1.165, 1.54) is 11.4 Å². The Morgan fingerprint density at radius 2 is 2.35 bits per heavy atom. The summed E-state index contributed by atoms with van der Waals surface area (Å²) in [6.45, 7) is 4.98. The predicted molar refractivity (Wildman–Crippen MR) is 67.3 cm³/mol. The van der Waals surface area contributed by atoms with Crippen LogP contribution in [0.2, 0.25) is 0 Å². The minimum atomic E-state index is 0.528. The Morgan fingerprint density at radius 3 is 3.18 bits per heavy atom. The van der Waals surface area contributed by atoms with Gasteiger partial charge in [0.1, 0.15) is 5.82 Å². The summed E-state index contributed by atoms with van der Waals surface area (Å²) in [5.41, 5.74) is 2.41. The molecule has 4 nitrogen and oxygen atoms in total. The van der Waals surface area contributed by atoms with Gasteiger partial charge in [-0.25, -0.2) is 4.98 Å². The molecule has 0 amide bonds. The van der Waals surface area contributed by atoms with Crippen LogP contribution >= 0.6 is 0 Å². The van der Waals surface area contributed by atoms with Crippen LogP contribution in [-0.2, 0) is 17.8 Å². The molecule has 2 aliphatic heterocycles. The van der Waals surface area contributed by atoms with Gasteiger partial charge in [-0.2, -0.15) is 0 Å². The minimum absolute atomic E-state index is 0.528. The highest BCUT2D eigenvalue weighted by Gasteiger charge is 2.36. The lowest BCUT2D eigenvalue weighted by Gasteiger charge is -2.37. The molecule has 0 aromatic carbocycles. The summed E-state index contributed by atoms with van der Waals surface area (Å²) in [5.74, 6) is 1.18. The number of fused-ring (bicyclic) bond motifs is 3. The molecule has 17 heavy (non-hydrogen) atoms. The second-order valence-corrected chi connectivity index (χ2v) is 4.99. The van der Waals surface area contributed by atoms with Crippen molar-refractivity contribution >= 4 is 5.82 Å². The number of aromatic nitrogens is 1. The third-order valence-corrected chi connectivity index (χ3v) is 3.69. The largest absolute Gasteiger partial charge is 0.378 e. The normalized spacial score (nSPS) is 26.8. The van der Waals surface area contributed by atoms with Crippen molar-refractivity contribution in [3.8, 4) is 0 Å². The van der Waals surface area contributed by atoms with Gasteiger partial charge in [-0.15, -0.1) is 0 Å². The van der Waals surface area contributed by atoms with E-state index in [4.69, 9.17) is 9.72 Å². The summed E-state index contributed by atoms with van der Waals surface area (Å²) in [7, 11) is 1.71. The van der Waals surface area contributed by atoms with Crippen LogP contribution in [0.3, 0.4) is 0 Å². The lowest BCUT2D eigenvalue weighted by atomic mass is 10.1. The number of anilines is 1. The summed E-state index contributed by atoms with van der Waals surface area (Å²) in [5, 5.41) is 3.49. The van der Waals surface area contributed by atoms with Crippen molar-refractivity contribution in [2.75, 3.05) is 25.1 Å². The van der Waals surface area contributed by atoms with Crippen LogP contribution in [0.1, 0.15) is 18.2 Å². The topological polar surface area (TPSA) is 37.4 Å². The molecular weight excluding hydrogens is 214 g/mol. The standard InChI is InChI=1S/C13H19N3O/c1-9-6-14-7-12-5-10-3-4-11(8-17-2)15-13(10)16(9)12/h3-4,9,12,14H,5-8H2,1-2H3/t9-,12?/m1/s1. The van der Waals surface area contributed by atoms with Crippen molar-refractivity contribution in [1.29, 1.82) is 0 Å². The van der Waals surface area contributed by atoms with Gasteiger partial charge in [0.25, 0.3) is 0 Å². The number of hydrogen-bond acceptors (Lipinski definition) is 4. The summed E-state index contributed by atoms with van der Waals surface area (Å²) >= 11 is 0. The highest BCUT2D eigenvalue weighted by molar-refractivity contribution is 5.56. The van der Waals surface area contributed by atoms with E-state index in [2.05, 4.69) is 29.3 Å². The molecule has 1 N–H and O–H groups in total. The van der Waals surface area contributed by atoms with E-state index in [9.17, 15) is 0 Å². The Kier molecular flexibility index (Phi) is 2.76. The maximum absolute atomic E-state index is 5.16. The van der Waals surface area contributed by atoms with E-state index in [0.717, 1.165) is 25.2 Å². The van der Waals surface area contributed by atoms with Gasteiger partial charge in [0.2, 0.25) is 0 Å². The van der Waals surface area contributed by atoms with Crippen LogP contribution < -0.4 is 10.2 Å². The molecule has 0 spiro atoms. The van der Waals surface area contributed by atoms with Crippen LogP contribution in [-0.4, -0.2) is 37.3 Å². The molecule has 2 aliphatic rings. The van der Waals surface area contributed by atoms with Gasteiger partial charge in [-0.1, -0.05) is 6.07 Å². The molecule has 3 rings (SSSR count). The third kappa shape index (κ3) is 1.81. The van der Waals surface area contributed by atoms with Crippen molar-refractivity contribution < 1.29 is 4.74 Å². The van der Waals surface area contributed by atoms with E-state index in [0.29, 0.717) is 18.7 Å². The van der Waals surface area contributed by atoms with E-state index < -0.39 is 0 Å². The Morgan fingerprint density at radius 1 is 1.47 bits per heavy atom. The van der Waals surface area contributed by atoms with Gasteiger partial charge in [-0.05, 0) is 25.0 Å². The lowest BCUT2D eigenvalue weighted by molar-refractivity contribution is 0.181. The third-order valence-electron chi connectivity index (χ3n) is 3.69. The first-order chi connectivity index (χ1) is 8.29. The number of methoxy groups -OCH3 is 1. The van der Waals surface area contributed by atoms with Crippen molar-refractivity contribution in [3.05, 3.63) is 23.4 Å². The van der Waals surface area contributed by atoms with Crippen LogP contribution in [0.4, 0.5) is 5.82 Å². The summed E-state index contributed by atoms with van der Waals surface area (Å²) < 4.78 is 5.16. The molecule has 0 saturated carbocycles. The Labute approximate surface area is 102 Å². The smallest absolute Gasteiger partial charge is 0.132 e. The number of hydrogen-bond donors (Lipinski definition) is 1. The van der Waals surface area contributed by atoms with E-state index in [1.807, 2.05) is 0 Å². The molecular formula is C13H19N3O. The van der Waals surface area contributed by atoms with Crippen LogP contribution in [0.25, 0.3) is 0 Å². The summed E-state index contributed by atoms with van der Waals surface area (Å²) in [6, 6.07) is 5.40. The Balaban J connectivity index is 1.95. The van der Waals surface area contributed by atoms with Gasteiger partial charge < -0.3 is 15.0 Å². The van der Waals surface area contributed by atoms with Gasteiger partial charge in [0, 0.05) is 32.3 Å². The van der Waals surface area contributed by atoms with Gasteiger partial charge in [0.05, 0.1) is 12.3 Å². The predicted octanol–water partition coefficient (Wildman–Crippen LogP) is 0.951. The molecule has 0 aliphatic carbocycles. The van der Waals surface area contributed by atoms with Crippen molar-refractivity contribution in [1.82, 2.24) is 10.3 Å². The fourth-order valence-electron chi connectivity index (χ4n) is 2.95. The number of piperazine rings is 1. The molecule has 1 unspecified atom stereocenters. The highest BCUT2D eigenvalue weighted by Crippen LogP contribution is 2.33. The van der Waals surface area contributed by atoms with E-state index in [1.54, 1.807) is 7.11 Å². The average molecular weight is 233 g/mol. The second-order valence-electron chi connectivity index (χ2n) is 4.99. The number of rotatable bonds is 2. The Hall–Kier alpha value is -1.13. The van der Waals surface area contributed by atoms with Gasteiger partial charge in [-0.3, -0.25) is 0 Å². The molecule has 1 aromatic heterocycles. The van der Waals surface area contributed by atoms with Crippen LogP contribution in [0.5, 0.6) is 0 Å². The SMILES string of the molecule is COCc1ccc2c(n1)N1C(CNC[C@H]1C)C2. The molecule has 4 heteroatoms. The zero-order valence-corrected chi connectivity index (χ0v) is 10.4. The fraction of sp³-hybridized carbons (Fsp3) is 0.615. The van der Waals surface area contributed by atoms with Crippen molar-refractivity contribution in [2.45, 2.75) is 32.0 Å². The lowest BCUT2D eigenvalue weighted by Crippen LogP contribution is -2.55. The number of nitrogens with zero attached hydrogens (tertiary/aromatic N) is 2. The first-order valence-corrected chi connectivity index (χ1v) is 6.26. The summed E-state index contributed by atoms with van der Waals surface area (Å²) in [4.78, 5) is 7.23. The average Bonchev–Trinajstić information content (AvgIpc) is 2.68. The molecule has 2 atom stereocenters. The molecule has 1 fully saturated rings. The first kappa shape index (κ1) is 11.0. The molecule has 92 valence electrons. The monoisotopic (exact) mass is 233 g/mol. The number of ether oxygens (including phenoxy) is 1. The van der Waals surface area contributed by atoms with E-state index in [-0.39, 0.29) is 0 Å². The second kappa shape index (κ2) is 4.27. The molecule has 3 heterocycles. The van der Waals surface area contributed by atoms with Gasteiger partial charge >= 0.3 is 0 Å². The maximum Gasteiger partial charge on any atom is 0.132 e. The van der Waals surface area contributed by atoms with E-state index >= 15 is 0 Å². The zero-order chi connectivity index (χ0) is 11.8. The van der Waals surface area contributed by atoms with Crippen molar-refractivity contribution in [3.63, 3.8) is 0 Å². The van der Waals surface area contributed by atoms with Crippen molar-refractivity contribution in [2.24, 2.45) is 0 Å². The van der Waals surface area contributed by atoms with Gasteiger partial charge in [0.15, 0.2) is 0 Å². The van der Waals surface area contributed by atoms with Crippen LogP contribution in [0, 0.1) is 0 Å². The maximum atomic E-state index is 5.16.